The second-order valence-electron chi connectivity index (χ2n) is 11.5. The molecule has 0 aliphatic heterocycles. The third-order valence-electron chi connectivity index (χ3n) is 6.16. The van der Waals surface area contributed by atoms with Crippen LogP contribution in [0.5, 0.6) is 0 Å². The number of halogens is 2. The van der Waals surface area contributed by atoms with Gasteiger partial charge < -0.3 is 0 Å². The van der Waals surface area contributed by atoms with Crippen LogP contribution in [-0.2, 0) is 31.7 Å². The van der Waals surface area contributed by atoms with Crippen LogP contribution in [0.4, 0.5) is 0 Å². The van der Waals surface area contributed by atoms with Crippen LogP contribution in [0.2, 0.25) is 0 Å². The van der Waals surface area contributed by atoms with E-state index in [-0.39, 0.29) is 10.8 Å². The summed E-state index contributed by atoms with van der Waals surface area (Å²) in [5, 5.41) is 2.76. The summed E-state index contributed by atoms with van der Waals surface area (Å²) < 4.78 is 0. The Balaban J connectivity index is 0.00000114. The molecule has 0 aromatic heterocycles. The van der Waals surface area contributed by atoms with Crippen molar-refractivity contribution in [2.75, 3.05) is 0 Å². The fourth-order valence-electron chi connectivity index (χ4n) is 4.14. The molecule has 0 radical (unpaired) electrons. The van der Waals surface area contributed by atoms with Crippen molar-refractivity contribution in [2.24, 2.45) is 0 Å². The molecule has 0 atom stereocenters. The fourth-order valence-corrected chi connectivity index (χ4v) is 4.14. The van der Waals surface area contributed by atoms with Crippen LogP contribution in [-0.4, -0.2) is 0 Å². The van der Waals surface area contributed by atoms with Gasteiger partial charge in [0.05, 0.1) is 0 Å². The number of fused-ring (bicyclic) bond motifs is 1. The minimum atomic E-state index is -0.826. The Labute approximate surface area is 215 Å². The molecular weight excluding hydrogens is 510 g/mol. The molecule has 174 valence electrons. The van der Waals surface area contributed by atoms with Gasteiger partial charge in [-0.25, -0.2) is 0 Å². The Morgan fingerprint density at radius 2 is 1.25 bits per heavy atom. The normalized spacial score (nSPS) is 12.3. The van der Waals surface area contributed by atoms with Crippen molar-refractivity contribution in [3.8, 4) is 11.1 Å². The summed E-state index contributed by atoms with van der Waals surface area (Å²) in [6.07, 6.45) is 0. The molecule has 32 heavy (non-hydrogen) atoms. The Bertz CT molecular complexity index is 1020. The van der Waals surface area contributed by atoms with Crippen LogP contribution in [0.25, 0.3) is 21.9 Å². The first-order chi connectivity index (χ1) is 14.7. The van der Waals surface area contributed by atoms with Crippen molar-refractivity contribution in [3.63, 3.8) is 0 Å². The van der Waals surface area contributed by atoms with Crippen LogP contribution >= 0.6 is 17.0 Å². The third-order valence-corrected chi connectivity index (χ3v) is 6.16. The molecule has 0 N–H and O–H groups in total. The number of rotatable bonds is 3. The van der Waals surface area contributed by atoms with E-state index in [0.29, 0.717) is 11.8 Å². The molecule has 3 aromatic rings. The van der Waals surface area contributed by atoms with Gasteiger partial charge >= 0.3 is 37.9 Å². The maximum absolute atomic E-state index is 4.93. The van der Waals surface area contributed by atoms with Crippen LogP contribution in [0.1, 0.15) is 103 Å². The molecule has 0 aliphatic carbocycles. The van der Waals surface area contributed by atoms with Crippen molar-refractivity contribution in [2.45, 2.75) is 91.9 Å². The zero-order valence-electron chi connectivity index (χ0n) is 21.5. The van der Waals surface area contributed by atoms with E-state index in [9.17, 15) is 0 Å². The first kappa shape index (κ1) is 27.8. The first-order valence-corrected chi connectivity index (χ1v) is 17.9. The minimum absolute atomic E-state index is 0.0918. The predicted octanol–water partition coefficient (Wildman–Crippen LogP) is 10.4. The average Bonchev–Trinajstić information content (AvgIpc) is 3.11. The second kappa shape index (κ2) is 10.8. The van der Waals surface area contributed by atoms with Gasteiger partial charge in [0, 0.05) is 0 Å². The molecule has 0 bridgehead atoms. The maximum atomic E-state index is 4.93. The van der Waals surface area contributed by atoms with Crippen LogP contribution in [0.15, 0.2) is 42.5 Å². The Kier molecular flexibility index (Phi) is 9.40. The fraction of sp³-hybridized carbons (Fsp3) is 0.483. The van der Waals surface area contributed by atoms with Gasteiger partial charge in [-0.3, -0.25) is 0 Å². The van der Waals surface area contributed by atoms with Gasteiger partial charge in [-0.05, 0) is 39.4 Å². The van der Waals surface area contributed by atoms with Crippen LogP contribution in [0.3, 0.4) is 0 Å². The summed E-state index contributed by atoms with van der Waals surface area (Å²) >= 11 is -0.826. The average molecular weight is 550 g/mol. The molecule has 0 amide bonds. The molecule has 0 unspecified atom stereocenters. The van der Waals surface area contributed by atoms with E-state index in [1.807, 2.05) is 0 Å². The van der Waals surface area contributed by atoms with Gasteiger partial charge in [0.25, 0.3) is 0 Å². The molecule has 3 aromatic carbocycles. The zero-order chi connectivity index (χ0) is 24.4. The summed E-state index contributed by atoms with van der Waals surface area (Å²) in [5.74, 6) is 1.05. The summed E-state index contributed by atoms with van der Waals surface area (Å²) in [7, 11) is 9.87. The zero-order valence-corrected chi connectivity index (χ0v) is 25.4. The van der Waals surface area contributed by atoms with Crippen molar-refractivity contribution < 1.29 is 20.8 Å². The van der Waals surface area contributed by atoms with Crippen molar-refractivity contribution in [3.05, 3.63) is 64.7 Å². The molecule has 0 spiro atoms. The van der Waals surface area contributed by atoms with E-state index in [2.05, 4.69) is 112 Å². The van der Waals surface area contributed by atoms with Crippen molar-refractivity contribution >= 4 is 27.8 Å². The number of hydrogen-bond acceptors (Lipinski definition) is 0. The second-order valence-corrected chi connectivity index (χ2v) is 15.2. The van der Waals surface area contributed by atoms with Gasteiger partial charge in [-0.15, -0.1) is 34.5 Å². The Morgan fingerprint density at radius 3 is 1.66 bits per heavy atom. The standard InChI is InChI=1S/C29H39.2ClH.Zr/c1-18(2)21-13-22(19(3)4)15-23(14-21)27-25-17-24(28(5,6)7)16-20(25)11-12-26(27)29(8,9)10;;;/h11-19H,1-10H3;2*1H;/q-1;;;+2/p-2. The van der Waals surface area contributed by atoms with E-state index >= 15 is 0 Å². The van der Waals surface area contributed by atoms with Crippen LogP contribution < -0.4 is 0 Å². The van der Waals surface area contributed by atoms with Crippen LogP contribution in [0, 0.1) is 0 Å². The summed E-state index contributed by atoms with van der Waals surface area (Å²) in [4.78, 5) is 0. The Morgan fingerprint density at radius 1 is 0.750 bits per heavy atom. The molecule has 0 saturated carbocycles. The third kappa shape index (κ3) is 6.55. The Hall–Kier alpha value is -0.487. The van der Waals surface area contributed by atoms with E-state index in [1.165, 1.54) is 44.2 Å². The molecule has 0 aliphatic rings. The predicted molar refractivity (Wildman–Crippen MR) is 142 cm³/mol. The molecule has 3 heteroatoms. The molecule has 0 saturated heterocycles. The molecule has 0 nitrogen and oxygen atoms in total. The van der Waals surface area contributed by atoms with Crippen molar-refractivity contribution in [1.29, 1.82) is 0 Å². The monoisotopic (exact) mass is 547 g/mol. The number of benzene rings is 2. The van der Waals surface area contributed by atoms with E-state index in [0.717, 1.165) is 0 Å². The summed E-state index contributed by atoms with van der Waals surface area (Å²) in [6, 6.07) is 16.8. The number of hydrogen-bond donors (Lipinski definition) is 0. The molecular formula is C29H39Cl2Zr-. The molecule has 0 fully saturated rings. The summed E-state index contributed by atoms with van der Waals surface area (Å²) in [6.45, 7) is 23.1. The van der Waals surface area contributed by atoms with Gasteiger partial charge in [0.1, 0.15) is 0 Å². The van der Waals surface area contributed by atoms with Gasteiger partial charge in [-0.2, -0.15) is 6.07 Å². The summed E-state index contributed by atoms with van der Waals surface area (Å²) in [5.41, 5.74) is 8.78. The van der Waals surface area contributed by atoms with Gasteiger partial charge in [0.15, 0.2) is 0 Å². The van der Waals surface area contributed by atoms with E-state index in [4.69, 9.17) is 17.0 Å². The molecule has 3 rings (SSSR count). The van der Waals surface area contributed by atoms with E-state index < -0.39 is 20.8 Å². The molecule has 0 heterocycles. The quantitative estimate of drug-likeness (QED) is 0.285. The first-order valence-electron chi connectivity index (χ1n) is 11.6. The van der Waals surface area contributed by atoms with Gasteiger partial charge in [0.2, 0.25) is 0 Å². The SMILES string of the molecule is CC(C)c1cc(-c2c(C(C)(C)C)ccc3[cH-]c(C(C)(C)C)cc23)cc(C(C)C)c1.[Cl][Zr][Cl]. The van der Waals surface area contributed by atoms with Gasteiger partial charge in [-0.1, -0.05) is 98.6 Å². The van der Waals surface area contributed by atoms with E-state index in [1.54, 1.807) is 0 Å². The topological polar surface area (TPSA) is 0 Å². The van der Waals surface area contributed by atoms with Crippen molar-refractivity contribution in [1.82, 2.24) is 0 Å².